The molecule has 2 N–H and O–H groups in total. The number of carbonyl (C=O) groups excluding carboxylic acids is 1. The molecule has 114 valence electrons. The Bertz CT molecular complexity index is 528. The third kappa shape index (κ3) is 2.70. The maximum absolute atomic E-state index is 12.1. The molecule has 0 bridgehead atoms. The summed E-state index contributed by atoms with van der Waals surface area (Å²) in [6, 6.07) is 7.06. The first-order chi connectivity index (χ1) is 10.1. The van der Waals surface area contributed by atoms with Gasteiger partial charge >= 0.3 is 6.09 Å². The summed E-state index contributed by atoms with van der Waals surface area (Å²) >= 11 is 0. The minimum Gasteiger partial charge on any atom is -0.508 e. The highest BCUT2D eigenvalue weighted by Gasteiger charge is 2.48. The highest BCUT2D eigenvalue weighted by molar-refractivity contribution is 5.71. The lowest BCUT2D eigenvalue weighted by Crippen LogP contribution is -2.52. The van der Waals surface area contributed by atoms with Gasteiger partial charge in [0.15, 0.2) is 0 Å². The number of nitrogens with zero attached hydrogens (tertiary/aromatic N) is 1. The van der Waals surface area contributed by atoms with Gasteiger partial charge in [0.05, 0.1) is 5.54 Å². The van der Waals surface area contributed by atoms with E-state index in [4.69, 9.17) is 4.74 Å². The predicted octanol–water partition coefficient (Wildman–Crippen LogP) is 2.10. The summed E-state index contributed by atoms with van der Waals surface area (Å²) in [5.41, 5.74) is 0.666. The van der Waals surface area contributed by atoms with Gasteiger partial charge in [-0.05, 0) is 56.5 Å². The van der Waals surface area contributed by atoms with E-state index in [1.165, 1.54) is 0 Å². The zero-order valence-electron chi connectivity index (χ0n) is 12.3. The van der Waals surface area contributed by atoms with Crippen molar-refractivity contribution >= 4 is 6.09 Å². The van der Waals surface area contributed by atoms with Gasteiger partial charge in [0.25, 0.3) is 0 Å². The molecular formula is C16H22N2O3. The summed E-state index contributed by atoms with van der Waals surface area (Å²) < 4.78 is 5.34. The van der Waals surface area contributed by atoms with Gasteiger partial charge in [-0.3, -0.25) is 4.90 Å². The molecule has 5 nitrogen and oxygen atoms in total. The van der Waals surface area contributed by atoms with Gasteiger partial charge in [0, 0.05) is 6.54 Å². The minimum absolute atomic E-state index is 0.226. The molecule has 21 heavy (non-hydrogen) atoms. The van der Waals surface area contributed by atoms with Crippen LogP contribution < -0.4 is 5.32 Å². The Morgan fingerprint density at radius 2 is 2.19 bits per heavy atom. The molecule has 0 aliphatic carbocycles. The van der Waals surface area contributed by atoms with E-state index in [2.05, 4.69) is 12.2 Å². The average Bonchev–Trinajstić information content (AvgIpc) is 2.78. The molecule has 1 aromatic carbocycles. The van der Waals surface area contributed by atoms with Gasteiger partial charge in [0.1, 0.15) is 12.4 Å². The molecule has 0 saturated carbocycles. The molecule has 2 aliphatic heterocycles. The summed E-state index contributed by atoms with van der Waals surface area (Å²) in [7, 11) is 0. The van der Waals surface area contributed by atoms with Crippen LogP contribution in [0.2, 0.25) is 0 Å². The van der Waals surface area contributed by atoms with Crippen LogP contribution in [-0.4, -0.2) is 41.3 Å². The molecule has 2 saturated heterocycles. The second-order valence-corrected chi connectivity index (χ2v) is 6.19. The molecule has 0 spiro atoms. The van der Waals surface area contributed by atoms with Crippen LogP contribution >= 0.6 is 0 Å². The molecule has 1 aromatic rings. The third-order valence-electron chi connectivity index (χ3n) is 4.79. The largest absolute Gasteiger partial charge is 0.508 e. The fraction of sp³-hybridized carbons (Fsp3) is 0.562. The average molecular weight is 290 g/mol. The summed E-state index contributed by atoms with van der Waals surface area (Å²) in [6.07, 6.45) is 1.87. The minimum atomic E-state index is -0.259. The van der Waals surface area contributed by atoms with E-state index in [0.717, 1.165) is 31.5 Å². The lowest BCUT2D eigenvalue weighted by Gasteiger charge is -2.41. The van der Waals surface area contributed by atoms with Crippen molar-refractivity contribution in [3.63, 3.8) is 0 Å². The lowest BCUT2D eigenvalue weighted by atomic mass is 9.79. The number of carbonyl (C=O) groups is 1. The second kappa shape index (κ2) is 5.56. The van der Waals surface area contributed by atoms with Crippen molar-refractivity contribution in [3.05, 3.63) is 29.8 Å². The summed E-state index contributed by atoms with van der Waals surface area (Å²) in [6.45, 7) is 5.04. The van der Waals surface area contributed by atoms with E-state index in [9.17, 15) is 9.90 Å². The molecule has 3 rings (SSSR count). The van der Waals surface area contributed by atoms with Gasteiger partial charge in [-0.2, -0.15) is 0 Å². The van der Waals surface area contributed by atoms with E-state index in [-0.39, 0.29) is 17.4 Å². The number of rotatable bonds is 3. The van der Waals surface area contributed by atoms with Crippen LogP contribution in [0, 0.1) is 5.92 Å². The standard InChI is InChI=1S/C16H22N2O3/c1-16(13-5-7-17-8-6-13)11-21-15(20)18(16)10-12-3-2-4-14(19)9-12/h2-4,9,13,17,19H,5-8,10-11H2,1H3. The summed E-state index contributed by atoms with van der Waals surface area (Å²) in [5.74, 6) is 0.672. The number of piperidine rings is 1. The van der Waals surface area contributed by atoms with Gasteiger partial charge in [-0.15, -0.1) is 0 Å². The molecule has 1 amide bonds. The fourth-order valence-corrected chi connectivity index (χ4v) is 3.44. The Hall–Kier alpha value is -1.75. The van der Waals surface area contributed by atoms with E-state index in [1.807, 2.05) is 11.0 Å². The van der Waals surface area contributed by atoms with Gasteiger partial charge in [-0.25, -0.2) is 4.79 Å². The number of ether oxygens (including phenoxy) is 1. The molecule has 1 atom stereocenters. The van der Waals surface area contributed by atoms with E-state index >= 15 is 0 Å². The van der Waals surface area contributed by atoms with Crippen molar-refractivity contribution in [1.29, 1.82) is 0 Å². The van der Waals surface area contributed by atoms with E-state index in [1.54, 1.807) is 18.2 Å². The molecular weight excluding hydrogens is 268 g/mol. The number of aromatic hydroxyl groups is 1. The quantitative estimate of drug-likeness (QED) is 0.895. The Balaban J connectivity index is 1.81. The zero-order chi connectivity index (χ0) is 14.9. The molecule has 2 fully saturated rings. The number of hydrogen-bond acceptors (Lipinski definition) is 4. The summed E-state index contributed by atoms with van der Waals surface area (Å²) in [5, 5.41) is 13.0. The van der Waals surface area contributed by atoms with Crippen LogP contribution in [0.5, 0.6) is 5.75 Å². The van der Waals surface area contributed by atoms with E-state index in [0.29, 0.717) is 19.1 Å². The van der Waals surface area contributed by atoms with Crippen molar-refractivity contribution in [2.45, 2.75) is 31.8 Å². The molecule has 2 heterocycles. The highest BCUT2D eigenvalue weighted by Crippen LogP contribution is 2.37. The first-order valence-corrected chi connectivity index (χ1v) is 7.52. The molecule has 0 aromatic heterocycles. The predicted molar refractivity (Wildman–Crippen MR) is 79.0 cm³/mol. The Labute approximate surface area is 124 Å². The van der Waals surface area contributed by atoms with Crippen LogP contribution in [0.15, 0.2) is 24.3 Å². The SMILES string of the molecule is CC1(C2CCNCC2)COC(=O)N1Cc1cccc(O)c1. The van der Waals surface area contributed by atoms with Crippen molar-refractivity contribution in [2.24, 2.45) is 5.92 Å². The monoisotopic (exact) mass is 290 g/mol. The van der Waals surface area contributed by atoms with Gasteiger partial charge in [-0.1, -0.05) is 12.1 Å². The van der Waals surface area contributed by atoms with Gasteiger partial charge < -0.3 is 15.2 Å². The van der Waals surface area contributed by atoms with Crippen LogP contribution in [0.3, 0.4) is 0 Å². The number of phenols is 1. The number of benzene rings is 1. The number of amides is 1. The Kier molecular flexibility index (Phi) is 3.76. The van der Waals surface area contributed by atoms with Crippen molar-refractivity contribution < 1.29 is 14.6 Å². The van der Waals surface area contributed by atoms with Crippen molar-refractivity contribution in [1.82, 2.24) is 10.2 Å². The molecule has 0 radical (unpaired) electrons. The van der Waals surface area contributed by atoms with Crippen molar-refractivity contribution in [2.75, 3.05) is 19.7 Å². The molecule has 5 heteroatoms. The normalized spacial score (nSPS) is 26.9. The van der Waals surface area contributed by atoms with Crippen molar-refractivity contribution in [3.8, 4) is 5.75 Å². The maximum Gasteiger partial charge on any atom is 0.410 e. The molecule has 1 unspecified atom stereocenters. The van der Waals surface area contributed by atoms with Crippen LogP contribution in [-0.2, 0) is 11.3 Å². The number of nitrogens with one attached hydrogen (secondary N) is 1. The van der Waals surface area contributed by atoms with E-state index < -0.39 is 0 Å². The summed E-state index contributed by atoms with van der Waals surface area (Å²) in [4.78, 5) is 14.0. The van der Waals surface area contributed by atoms with Crippen LogP contribution in [0.4, 0.5) is 4.79 Å². The van der Waals surface area contributed by atoms with Gasteiger partial charge in [0.2, 0.25) is 0 Å². The number of phenolic OH excluding ortho intramolecular Hbond substituents is 1. The lowest BCUT2D eigenvalue weighted by molar-refractivity contribution is 0.0889. The first-order valence-electron chi connectivity index (χ1n) is 7.52. The fourth-order valence-electron chi connectivity index (χ4n) is 3.44. The Morgan fingerprint density at radius 3 is 2.90 bits per heavy atom. The molecule has 2 aliphatic rings. The topological polar surface area (TPSA) is 61.8 Å². The van der Waals surface area contributed by atoms with Crippen LogP contribution in [0.25, 0.3) is 0 Å². The third-order valence-corrected chi connectivity index (χ3v) is 4.79. The number of hydrogen-bond donors (Lipinski definition) is 2. The number of cyclic esters (lactones) is 1. The zero-order valence-corrected chi connectivity index (χ0v) is 12.3. The Morgan fingerprint density at radius 1 is 1.43 bits per heavy atom. The second-order valence-electron chi connectivity index (χ2n) is 6.19. The highest BCUT2D eigenvalue weighted by atomic mass is 16.6. The first kappa shape index (κ1) is 14.2. The maximum atomic E-state index is 12.1. The van der Waals surface area contributed by atoms with Crippen LogP contribution in [0.1, 0.15) is 25.3 Å². The smallest absolute Gasteiger partial charge is 0.410 e.